The molecule has 0 aliphatic rings. The Morgan fingerprint density at radius 2 is 2.20 bits per heavy atom. The second kappa shape index (κ2) is 4.66. The number of para-hydroxylation sites is 2. The average Bonchev–Trinajstić information content (AvgIpc) is 2.69. The molecule has 4 heteroatoms. The predicted octanol–water partition coefficient (Wildman–Crippen LogP) is 3.05. The minimum Gasteiger partial charge on any atom is -0.423 e. The summed E-state index contributed by atoms with van der Waals surface area (Å²) in [6, 6.07) is 8.53. The topological polar surface area (TPSA) is 29.3 Å². The summed E-state index contributed by atoms with van der Waals surface area (Å²) < 4.78 is 5.67. The van der Waals surface area contributed by atoms with Crippen LogP contribution in [0.4, 0.5) is 6.01 Å². The summed E-state index contributed by atoms with van der Waals surface area (Å²) in [5, 5.41) is 0.916. The van der Waals surface area contributed by atoms with Crippen molar-refractivity contribution in [3.8, 4) is 0 Å². The van der Waals surface area contributed by atoms with Gasteiger partial charge in [-0.2, -0.15) is 4.98 Å². The molecule has 0 atom stereocenters. The fraction of sp³-hybridized carbons (Fsp3) is 0.364. The van der Waals surface area contributed by atoms with Crippen LogP contribution in [0.2, 0.25) is 0 Å². The smallest absolute Gasteiger partial charge is 0.298 e. The monoisotopic (exact) mass is 268 g/mol. The van der Waals surface area contributed by atoms with E-state index in [1.54, 1.807) is 0 Å². The zero-order chi connectivity index (χ0) is 10.7. The quantitative estimate of drug-likeness (QED) is 0.799. The number of anilines is 1. The molecule has 15 heavy (non-hydrogen) atoms. The van der Waals surface area contributed by atoms with E-state index < -0.39 is 0 Å². The van der Waals surface area contributed by atoms with E-state index in [1.165, 1.54) is 0 Å². The summed E-state index contributed by atoms with van der Waals surface area (Å²) in [5.41, 5.74) is 1.76. The molecule has 3 nitrogen and oxygen atoms in total. The van der Waals surface area contributed by atoms with Crippen molar-refractivity contribution in [2.45, 2.75) is 6.92 Å². The second-order valence-electron chi connectivity index (χ2n) is 3.23. The van der Waals surface area contributed by atoms with E-state index in [0.29, 0.717) is 6.01 Å². The highest BCUT2D eigenvalue weighted by Crippen LogP contribution is 2.21. The molecule has 1 aromatic carbocycles. The maximum absolute atomic E-state index is 5.67. The maximum atomic E-state index is 5.67. The number of hydrogen-bond donors (Lipinski definition) is 0. The van der Waals surface area contributed by atoms with Gasteiger partial charge in [0.25, 0.3) is 6.01 Å². The van der Waals surface area contributed by atoms with Crippen LogP contribution in [-0.2, 0) is 0 Å². The summed E-state index contributed by atoms with van der Waals surface area (Å²) in [6.07, 6.45) is 0. The molecule has 0 aliphatic carbocycles. The largest absolute Gasteiger partial charge is 0.423 e. The molecule has 2 aromatic rings. The Morgan fingerprint density at radius 1 is 1.40 bits per heavy atom. The maximum Gasteiger partial charge on any atom is 0.298 e. The number of alkyl halides is 1. The summed E-state index contributed by atoms with van der Waals surface area (Å²) in [4.78, 5) is 6.55. The van der Waals surface area contributed by atoms with Crippen molar-refractivity contribution in [3.63, 3.8) is 0 Å². The van der Waals surface area contributed by atoms with E-state index in [-0.39, 0.29) is 0 Å². The number of fused-ring (bicyclic) bond motifs is 1. The van der Waals surface area contributed by atoms with Gasteiger partial charge in [0.05, 0.1) is 0 Å². The molecule has 0 N–H and O–H groups in total. The molecular formula is C11H13BrN2O. The van der Waals surface area contributed by atoms with Crippen molar-refractivity contribution in [3.05, 3.63) is 24.3 Å². The average molecular weight is 269 g/mol. The molecule has 0 saturated carbocycles. The van der Waals surface area contributed by atoms with Crippen LogP contribution in [0.3, 0.4) is 0 Å². The molecular weight excluding hydrogens is 256 g/mol. The third-order valence-electron chi connectivity index (χ3n) is 2.29. The minimum atomic E-state index is 0.707. The molecule has 0 amide bonds. The van der Waals surface area contributed by atoms with E-state index in [4.69, 9.17) is 4.42 Å². The van der Waals surface area contributed by atoms with E-state index in [1.807, 2.05) is 24.3 Å². The molecule has 1 aromatic heterocycles. The zero-order valence-electron chi connectivity index (χ0n) is 8.61. The fourth-order valence-corrected chi connectivity index (χ4v) is 1.91. The van der Waals surface area contributed by atoms with Crippen molar-refractivity contribution in [2.24, 2.45) is 0 Å². The minimum absolute atomic E-state index is 0.707. The van der Waals surface area contributed by atoms with E-state index in [2.05, 4.69) is 32.7 Å². The predicted molar refractivity (Wildman–Crippen MR) is 65.7 cm³/mol. The van der Waals surface area contributed by atoms with Crippen LogP contribution < -0.4 is 4.90 Å². The molecule has 2 rings (SSSR count). The first kappa shape index (κ1) is 10.5. The SMILES string of the molecule is CCN(CCBr)c1nc2ccccc2o1. The van der Waals surface area contributed by atoms with Crippen LogP contribution in [0.1, 0.15) is 6.92 Å². The Morgan fingerprint density at radius 3 is 2.87 bits per heavy atom. The van der Waals surface area contributed by atoms with Crippen molar-refractivity contribution in [1.29, 1.82) is 0 Å². The van der Waals surface area contributed by atoms with E-state index >= 15 is 0 Å². The highest BCUT2D eigenvalue weighted by atomic mass is 79.9. The molecule has 0 aliphatic heterocycles. The van der Waals surface area contributed by atoms with Crippen LogP contribution in [0.25, 0.3) is 11.1 Å². The molecule has 0 spiro atoms. The Kier molecular flexibility index (Phi) is 3.26. The van der Waals surface area contributed by atoms with Gasteiger partial charge < -0.3 is 9.32 Å². The highest BCUT2D eigenvalue weighted by molar-refractivity contribution is 9.09. The van der Waals surface area contributed by atoms with Gasteiger partial charge in [-0.05, 0) is 19.1 Å². The third kappa shape index (κ3) is 2.15. The normalized spacial score (nSPS) is 10.8. The van der Waals surface area contributed by atoms with Crippen molar-refractivity contribution in [1.82, 2.24) is 4.98 Å². The Balaban J connectivity index is 2.34. The van der Waals surface area contributed by atoms with Gasteiger partial charge in [-0.15, -0.1) is 0 Å². The summed E-state index contributed by atoms with van der Waals surface area (Å²) in [7, 11) is 0. The Bertz CT molecular complexity index is 408. The van der Waals surface area contributed by atoms with Gasteiger partial charge in [-0.1, -0.05) is 28.1 Å². The lowest BCUT2D eigenvalue weighted by atomic mass is 10.3. The van der Waals surface area contributed by atoms with Gasteiger partial charge in [0, 0.05) is 18.4 Å². The summed E-state index contributed by atoms with van der Waals surface area (Å²) in [5.74, 6) is 0. The first-order chi connectivity index (χ1) is 7.35. The lowest BCUT2D eigenvalue weighted by molar-refractivity contribution is 0.577. The lowest BCUT2D eigenvalue weighted by Crippen LogP contribution is -2.24. The first-order valence-corrected chi connectivity index (χ1v) is 6.13. The number of nitrogens with zero attached hydrogens (tertiary/aromatic N) is 2. The van der Waals surface area contributed by atoms with Crippen molar-refractivity contribution < 1.29 is 4.42 Å². The summed E-state index contributed by atoms with van der Waals surface area (Å²) in [6.45, 7) is 3.90. The van der Waals surface area contributed by atoms with Crippen molar-refractivity contribution >= 4 is 33.0 Å². The second-order valence-corrected chi connectivity index (χ2v) is 4.03. The Labute approximate surface area is 97.2 Å². The molecule has 0 unspecified atom stereocenters. The van der Waals surface area contributed by atoms with Gasteiger partial charge in [-0.25, -0.2) is 0 Å². The van der Waals surface area contributed by atoms with Crippen LogP contribution in [0, 0.1) is 0 Å². The number of aromatic nitrogens is 1. The standard InChI is InChI=1S/C11H13BrN2O/c1-2-14(8-7-12)11-13-9-5-3-4-6-10(9)15-11/h3-6H,2,7-8H2,1H3. The van der Waals surface area contributed by atoms with Gasteiger partial charge in [0.15, 0.2) is 5.58 Å². The zero-order valence-corrected chi connectivity index (χ0v) is 10.2. The number of hydrogen-bond acceptors (Lipinski definition) is 3. The number of benzene rings is 1. The molecule has 80 valence electrons. The molecule has 0 bridgehead atoms. The highest BCUT2D eigenvalue weighted by Gasteiger charge is 2.10. The van der Waals surface area contributed by atoms with Crippen LogP contribution in [0.5, 0.6) is 0 Å². The number of oxazole rings is 1. The number of halogens is 1. The van der Waals surface area contributed by atoms with Crippen LogP contribution in [-0.4, -0.2) is 23.4 Å². The fourth-order valence-electron chi connectivity index (χ4n) is 1.49. The first-order valence-electron chi connectivity index (χ1n) is 5.01. The Hall–Kier alpha value is -1.03. The van der Waals surface area contributed by atoms with Gasteiger partial charge >= 0.3 is 0 Å². The molecule has 0 fully saturated rings. The summed E-state index contributed by atoms with van der Waals surface area (Å²) >= 11 is 3.42. The lowest BCUT2D eigenvalue weighted by Gasteiger charge is -2.16. The number of rotatable bonds is 4. The van der Waals surface area contributed by atoms with Crippen LogP contribution >= 0.6 is 15.9 Å². The molecule has 1 heterocycles. The van der Waals surface area contributed by atoms with E-state index in [9.17, 15) is 0 Å². The van der Waals surface area contributed by atoms with Crippen molar-refractivity contribution in [2.75, 3.05) is 23.3 Å². The third-order valence-corrected chi connectivity index (χ3v) is 2.64. The van der Waals surface area contributed by atoms with E-state index in [0.717, 1.165) is 29.5 Å². The van der Waals surface area contributed by atoms with Gasteiger partial charge in [0.1, 0.15) is 5.52 Å². The van der Waals surface area contributed by atoms with Gasteiger partial charge in [-0.3, -0.25) is 0 Å². The molecule has 0 radical (unpaired) electrons. The van der Waals surface area contributed by atoms with Gasteiger partial charge in [0.2, 0.25) is 0 Å². The van der Waals surface area contributed by atoms with Crippen LogP contribution in [0.15, 0.2) is 28.7 Å². The molecule has 0 saturated heterocycles.